The molecule has 3 rings (SSSR count). The number of aromatic nitrogens is 2. The highest BCUT2D eigenvalue weighted by atomic mass is 16.5. The van der Waals surface area contributed by atoms with Gasteiger partial charge in [-0.3, -0.25) is 4.79 Å². The molecule has 0 saturated heterocycles. The lowest BCUT2D eigenvalue weighted by atomic mass is 10.1. The van der Waals surface area contributed by atoms with E-state index in [1.165, 1.54) is 6.20 Å². The first-order valence-electron chi connectivity index (χ1n) is 8.30. The van der Waals surface area contributed by atoms with Gasteiger partial charge in [0.25, 0.3) is 5.91 Å². The SMILES string of the molecule is CCOC(=O)c1ccccc1Nc1ccc(C(=O)Nc2cc(C)on2)cn1. The summed E-state index contributed by atoms with van der Waals surface area (Å²) in [4.78, 5) is 28.4. The van der Waals surface area contributed by atoms with Crippen LogP contribution in [0.3, 0.4) is 0 Å². The van der Waals surface area contributed by atoms with Gasteiger partial charge < -0.3 is 19.9 Å². The Morgan fingerprint density at radius 1 is 1.15 bits per heavy atom. The highest BCUT2D eigenvalue weighted by Crippen LogP contribution is 2.21. The Labute approximate surface area is 155 Å². The third-order valence-corrected chi connectivity index (χ3v) is 3.58. The van der Waals surface area contributed by atoms with Crippen LogP contribution in [0.1, 0.15) is 33.4 Å². The monoisotopic (exact) mass is 366 g/mol. The molecule has 0 bridgehead atoms. The van der Waals surface area contributed by atoms with Gasteiger partial charge in [0.15, 0.2) is 5.82 Å². The molecule has 8 nitrogen and oxygen atoms in total. The highest BCUT2D eigenvalue weighted by Gasteiger charge is 2.13. The number of benzene rings is 1. The number of carbonyl (C=O) groups is 2. The molecule has 1 aromatic carbocycles. The third-order valence-electron chi connectivity index (χ3n) is 3.58. The van der Waals surface area contributed by atoms with Gasteiger partial charge in [-0.25, -0.2) is 9.78 Å². The smallest absolute Gasteiger partial charge is 0.340 e. The molecular weight excluding hydrogens is 348 g/mol. The van der Waals surface area contributed by atoms with E-state index in [-0.39, 0.29) is 5.91 Å². The van der Waals surface area contributed by atoms with E-state index in [2.05, 4.69) is 20.8 Å². The maximum absolute atomic E-state index is 12.2. The van der Waals surface area contributed by atoms with Crippen LogP contribution in [0.2, 0.25) is 0 Å². The summed E-state index contributed by atoms with van der Waals surface area (Å²) in [5.41, 5.74) is 1.34. The summed E-state index contributed by atoms with van der Waals surface area (Å²) in [7, 11) is 0. The van der Waals surface area contributed by atoms with Crippen molar-refractivity contribution in [3.63, 3.8) is 0 Å². The highest BCUT2D eigenvalue weighted by molar-refractivity contribution is 6.03. The number of para-hydroxylation sites is 1. The second-order valence-corrected chi connectivity index (χ2v) is 5.60. The Bertz CT molecular complexity index is 950. The maximum atomic E-state index is 12.2. The number of hydrogen-bond acceptors (Lipinski definition) is 7. The second kappa shape index (κ2) is 8.13. The van der Waals surface area contributed by atoms with E-state index in [1.54, 1.807) is 56.3 Å². The Kier molecular flexibility index (Phi) is 5.46. The van der Waals surface area contributed by atoms with Gasteiger partial charge in [0.2, 0.25) is 0 Å². The first-order chi connectivity index (χ1) is 13.1. The van der Waals surface area contributed by atoms with E-state index < -0.39 is 5.97 Å². The Morgan fingerprint density at radius 2 is 1.96 bits per heavy atom. The summed E-state index contributed by atoms with van der Waals surface area (Å²) in [6.45, 7) is 3.78. The van der Waals surface area contributed by atoms with E-state index in [4.69, 9.17) is 9.26 Å². The summed E-state index contributed by atoms with van der Waals surface area (Å²) in [5, 5.41) is 9.39. The summed E-state index contributed by atoms with van der Waals surface area (Å²) in [6, 6.07) is 11.9. The first-order valence-corrected chi connectivity index (χ1v) is 8.30. The Hall–Kier alpha value is -3.68. The van der Waals surface area contributed by atoms with E-state index in [0.717, 1.165) is 0 Å². The fourth-order valence-electron chi connectivity index (χ4n) is 2.33. The van der Waals surface area contributed by atoms with Crippen LogP contribution in [0.25, 0.3) is 0 Å². The molecule has 2 heterocycles. The van der Waals surface area contributed by atoms with Crippen molar-refractivity contribution < 1.29 is 18.8 Å². The Morgan fingerprint density at radius 3 is 2.63 bits per heavy atom. The van der Waals surface area contributed by atoms with Gasteiger partial charge in [-0.2, -0.15) is 0 Å². The summed E-state index contributed by atoms with van der Waals surface area (Å²) >= 11 is 0. The van der Waals surface area contributed by atoms with Crippen molar-refractivity contribution in [2.75, 3.05) is 17.2 Å². The van der Waals surface area contributed by atoms with Crippen LogP contribution in [0.15, 0.2) is 53.2 Å². The lowest BCUT2D eigenvalue weighted by Gasteiger charge is -2.11. The predicted octanol–water partition coefficient (Wildman–Crippen LogP) is 3.55. The van der Waals surface area contributed by atoms with Crippen molar-refractivity contribution in [1.29, 1.82) is 0 Å². The molecule has 2 aromatic heterocycles. The van der Waals surface area contributed by atoms with Crippen LogP contribution in [-0.4, -0.2) is 28.6 Å². The molecule has 8 heteroatoms. The average Bonchev–Trinajstić information content (AvgIpc) is 3.07. The summed E-state index contributed by atoms with van der Waals surface area (Å²) in [5.74, 6) is 0.653. The molecule has 0 aliphatic carbocycles. The third kappa shape index (κ3) is 4.49. The molecule has 0 aliphatic rings. The molecule has 0 radical (unpaired) electrons. The van der Waals surface area contributed by atoms with Crippen LogP contribution < -0.4 is 10.6 Å². The fraction of sp³-hybridized carbons (Fsp3) is 0.158. The van der Waals surface area contributed by atoms with Gasteiger partial charge in [-0.15, -0.1) is 0 Å². The van der Waals surface area contributed by atoms with Crippen molar-refractivity contribution in [3.8, 4) is 0 Å². The number of nitrogens with zero attached hydrogens (tertiary/aromatic N) is 2. The number of hydrogen-bond donors (Lipinski definition) is 2. The molecule has 0 atom stereocenters. The van der Waals surface area contributed by atoms with Crippen molar-refractivity contribution in [3.05, 3.63) is 65.5 Å². The lowest BCUT2D eigenvalue weighted by Crippen LogP contribution is -2.12. The zero-order valence-corrected chi connectivity index (χ0v) is 14.9. The van der Waals surface area contributed by atoms with Crippen molar-refractivity contribution in [2.24, 2.45) is 0 Å². The maximum Gasteiger partial charge on any atom is 0.340 e. The van der Waals surface area contributed by atoms with Gasteiger partial charge in [0.05, 0.1) is 23.4 Å². The van der Waals surface area contributed by atoms with E-state index in [9.17, 15) is 9.59 Å². The number of ether oxygens (including phenoxy) is 1. The molecule has 0 unspecified atom stereocenters. The van der Waals surface area contributed by atoms with Gasteiger partial charge in [0.1, 0.15) is 11.6 Å². The number of pyridine rings is 1. The number of carbonyl (C=O) groups excluding carboxylic acids is 2. The first kappa shape index (κ1) is 18.1. The minimum absolute atomic E-state index is 0.292. The van der Waals surface area contributed by atoms with Crippen LogP contribution in [0.5, 0.6) is 0 Å². The van der Waals surface area contributed by atoms with Gasteiger partial charge in [-0.1, -0.05) is 17.3 Å². The topological polar surface area (TPSA) is 106 Å². The van der Waals surface area contributed by atoms with E-state index >= 15 is 0 Å². The zero-order chi connectivity index (χ0) is 19.2. The summed E-state index contributed by atoms with van der Waals surface area (Å²) < 4.78 is 9.96. The molecule has 138 valence electrons. The number of amides is 1. The number of esters is 1. The lowest BCUT2D eigenvalue weighted by molar-refractivity contribution is 0.0527. The van der Waals surface area contributed by atoms with E-state index in [0.29, 0.717) is 40.8 Å². The minimum Gasteiger partial charge on any atom is -0.462 e. The van der Waals surface area contributed by atoms with Crippen molar-refractivity contribution in [1.82, 2.24) is 10.1 Å². The van der Waals surface area contributed by atoms with Crippen molar-refractivity contribution in [2.45, 2.75) is 13.8 Å². The largest absolute Gasteiger partial charge is 0.462 e. The zero-order valence-electron chi connectivity index (χ0n) is 14.9. The average molecular weight is 366 g/mol. The normalized spacial score (nSPS) is 10.3. The van der Waals surface area contributed by atoms with Crippen LogP contribution in [0.4, 0.5) is 17.3 Å². The molecule has 2 N–H and O–H groups in total. The number of anilines is 3. The van der Waals surface area contributed by atoms with Crippen LogP contribution in [0, 0.1) is 6.92 Å². The molecule has 0 spiro atoms. The number of nitrogens with one attached hydrogen (secondary N) is 2. The molecule has 0 saturated carbocycles. The molecular formula is C19H18N4O4. The van der Waals surface area contributed by atoms with E-state index in [1.807, 2.05) is 0 Å². The number of aryl methyl sites for hydroxylation is 1. The van der Waals surface area contributed by atoms with Crippen molar-refractivity contribution >= 4 is 29.2 Å². The second-order valence-electron chi connectivity index (χ2n) is 5.60. The van der Waals surface area contributed by atoms with Gasteiger partial charge in [0, 0.05) is 12.3 Å². The summed E-state index contributed by atoms with van der Waals surface area (Å²) in [6.07, 6.45) is 1.43. The van der Waals surface area contributed by atoms with Gasteiger partial charge in [-0.05, 0) is 38.1 Å². The minimum atomic E-state index is -0.417. The predicted molar refractivity (Wildman–Crippen MR) is 99.1 cm³/mol. The quantitative estimate of drug-likeness (QED) is 0.643. The standard InChI is InChI=1S/C19H18N4O4/c1-3-26-19(25)14-6-4-5-7-15(14)21-16-9-8-13(11-20-16)18(24)22-17-10-12(2)27-23-17/h4-11H,3H2,1-2H3,(H,20,21)(H,22,23,24). The van der Waals surface area contributed by atoms with Crippen LogP contribution in [-0.2, 0) is 4.74 Å². The fourth-order valence-corrected chi connectivity index (χ4v) is 2.33. The Balaban J connectivity index is 1.71. The molecule has 27 heavy (non-hydrogen) atoms. The molecule has 0 fully saturated rings. The molecule has 1 amide bonds. The molecule has 3 aromatic rings. The van der Waals surface area contributed by atoms with Crippen LogP contribution >= 0.6 is 0 Å². The number of rotatable bonds is 6. The van der Waals surface area contributed by atoms with Gasteiger partial charge >= 0.3 is 5.97 Å². The molecule has 0 aliphatic heterocycles.